The van der Waals surface area contributed by atoms with Gasteiger partial charge >= 0.3 is 0 Å². The molecule has 0 fully saturated rings. The van der Waals surface area contributed by atoms with Gasteiger partial charge in [-0.3, -0.25) is 4.79 Å². The minimum absolute atomic E-state index is 0.286. The number of nitrogens with one attached hydrogen (secondary N) is 1. The van der Waals surface area contributed by atoms with Crippen molar-refractivity contribution in [2.24, 2.45) is 0 Å². The molecule has 4 nitrogen and oxygen atoms in total. The fraction of sp³-hybridized carbons (Fsp3) is 0.188. The molecule has 1 N–H and O–H groups in total. The minimum atomic E-state index is -0.286. The highest BCUT2D eigenvalue weighted by Gasteiger charge is 2.13. The summed E-state index contributed by atoms with van der Waals surface area (Å²) in [6, 6.07) is 11.9. The Morgan fingerprint density at radius 2 is 1.86 bits per heavy atom. The van der Waals surface area contributed by atoms with Gasteiger partial charge in [0.25, 0.3) is 5.91 Å². The number of ether oxygens (including phenoxy) is 2. The number of carbonyl (C=O) groups is 1. The van der Waals surface area contributed by atoms with Gasteiger partial charge in [-0.25, -0.2) is 0 Å². The van der Waals surface area contributed by atoms with Crippen LogP contribution in [-0.4, -0.2) is 26.2 Å². The van der Waals surface area contributed by atoms with E-state index in [4.69, 9.17) is 32.7 Å². The number of carbonyl (C=O) groups excluding carboxylic acids is 1. The van der Waals surface area contributed by atoms with E-state index in [0.717, 1.165) is 0 Å². The van der Waals surface area contributed by atoms with Crippen LogP contribution in [0.5, 0.6) is 5.75 Å². The summed E-state index contributed by atoms with van der Waals surface area (Å²) in [5.41, 5.74) is 0.996. The molecule has 0 bridgehead atoms. The lowest BCUT2D eigenvalue weighted by atomic mass is 10.2. The third kappa shape index (κ3) is 4.37. The number of rotatable bonds is 6. The van der Waals surface area contributed by atoms with E-state index in [0.29, 0.717) is 40.3 Å². The molecule has 2 aromatic rings. The summed E-state index contributed by atoms with van der Waals surface area (Å²) in [6.07, 6.45) is 0. The second-order valence-corrected chi connectivity index (χ2v) is 5.23. The van der Waals surface area contributed by atoms with E-state index in [9.17, 15) is 4.79 Å². The van der Waals surface area contributed by atoms with Gasteiger partial charge in [-0.1, -0.05) is 35.3 Å². The molecule has 0 aliphatic rings. The third-order valence-electron chi connectivity index (χ3n) is 2.85. The summed E-state index contributed by atoms with van der Waals surface area (Å²) < 4.78 is 10.5. The second-order valence-electron chi connectivity index (χ2n) is 4.42. The maximum Gasteiger partial charge on any atom is 0.259 e. The van der Waals surface area contributed by atoms with Crippen molar-refractivity contribution in [3.05, 3.63) is 58.1 Å². The maximum absolute atomic E-state index is 12.4. The Balaban J connectivity index is 2.13. The summed E-state index contributed by atoms with van der Waals surface area (Å²) in [6.45, 7) is 0.816. The topological polar surface area (TPSA) is 47.6 Å². The van der Waals surface area contributed by atoms with Gasteiger partial charge in [0, 0.05) is 12.8 Å². The zero-order valence-electron chi connectivity index (χ0n) is 11.9. The van der Waals surface area contributed by atoms with E-state index < -0.39 is 0 Å². The number of hydrogen-bond acceptors (Lipinski definition) is 3. The van der Waals surface area contributed by atoms with Crippen LogP contribution in [0.4, 0.5) is 5.69 Å². The Morgan fingerprint density at radius 1 is 1.09 bits per heavy atom. The van der Waals surface area contributed by atoms with Crippen molar-refractivity contribution in [2.75, 3.05) is 25.6 Å². The van der Waals surface area contributed by atoms with Gasteiger partial charge in [0.2, 0.25) is 0 Å². The SMILES string of the molecule is COCCOc1ccccc1C(=O)Nc1ccc(Cl)c(Cl)c1. The fourth-order valence-corrected chi connectivity index (χ4v) is 2.09. The monoisotopic (exact) mass is 339 g/mol. The van der Waals surface area contributed by atoms with Crippen molar-refractivity contribution in [1.29, 1.82) is 0 Å². The first-order valence-electron chi connectivity index (χ1n) is 6.59. The number of para-hydroxylation sites is 1. The molecule has 0 atom stereocenters. The molecule has 0 saturated heterocycles. The van der Waals surface area contributed by atoms with Crippen molar-refractivity contribution in [2.45, 2.75) is 0 Å². The molecule has 0 radical (unpaired) electrons. The van der Waals surface area contributed by atoms with Crippen molar-refractivity contribution < 1.29 is 14.3 Å². The fourth-order valence-electron chi connectivity index (χ4n) is 1.79. The lowest BCUT2D eigenvalue weighted by Gasteiger charge is -2.11. The highest BCUT2D eigenvalue weighted by Crippen LogP contribution is 2.26. The maximum atomic E-state index is 12.4. The van der Waals surface area contributed by atoms with Crippen molar-refractivity contribution in [3.8, 4) is 5.75 Å². The molecule has 2 rings (SSSR count). The molecule has 0 spiro atoms. The molecule has 116 valence electrons. The molecule has 0 aromatic heterocycles. The van der Waals surface area contributed by atoms with Crippen LogP contribution in [0.15, 0.2) is 42.5 Å². The Labute approximate surface area is 138 Å². The Bertz CT molecular complexity index is 662. The van der Waals surface area contributed by atoms with Crippen LogP contribution in [0.25, 0.3) is 0 Å². The summed E-state index contributed by atoms with van der Waals surface area (Å²) in [4.78, 5) is 12.4. The summed E-state index contributed by atoms with van der Waals surface area (Å²) in [5, 5.41) is 3.58. The van der Waals surface area contributed by atoms with E-state index in [2.05, 4.69) is 5.32 Å². The Kier molecular flexibility index (Phi) is 6.07. The number of amides is 1. The number of halogens is 2. The molecule has 1 amide bonds. The smallest absolute Gasteiger partial charge is 0.259 e. The first kappa shape index (κ1) is 16.6. The van der Waals surface area contributed by atoms with Crippen molar-refractivity contribution in [3.63, 3.8) is 0 Å². The minimum Gasteiger partial charge on any atom is -0.490 e. The van der Waals surface area contributed by atoms with Gasteiger partial charge in [-0.2, -0.15) is 0 Å². The van der Waals surface area contributed by atoms with Gasteiger partial charge in [-0.05, 0) is 30.3 Å². The molecule has 0 saturated carbocycles. The van der Waals surface area contributed by atoms with Gasteiger partial charge in [0.15, 0.2) is 0 Å². The third-order valence-corrected chi connectivity index (χ3v) is 3.59. The van der Waals surface area contributed by atoms with Crippen LogP contribution >= 0.6 is 23.2 Å². The zero-order chi connectivity index (χ0) is 15.9. The molecule has 22 heavy (non-hydrogen) atoms. The van der Waals surface area contributed by atoms with Gasteiger partial charge in [-0.15, -0.1) is 0 Å². The molecular formula is C16H15Cl2NO3. The summed E-state index contributed by atoms with van der Waals surface area (Å²) >= 11 is 11.8. The van der Waals surface area contributed by atoms with Gasteiger partial charge in [0.05, 0.1) is 22.2 Å². The number of benzene rings is 2. The molecule has 6 heteroatoms. The normalized spacial score (nSPS) is 10.3. The van der Waals surface area contributed by atoms with E-state index >= 15 is 0 Å². The number of methoxy groups -OCH3 is 1. The van der Waals surface area contributed by atoms with E-state index in [1.165, 1.54) is 0 Å². The van der Waals surface area contributed by atoms with Crippen molar-refractivity contribution in [1.82, 2.24) is 0 Å². The lowest BCUT2D eigenvalue weighted by molar-refractivity contribution is 0.101. The zero-order valence-corrected chi connectivity index (χ0v) is 13.4. The molecule has 2 aromatic carbocycles. The molecular weight excluding hydrogens is 325 g/mol. The standard InChI is InChI=1S/C16H15Cl2NO3/c1-21-8-9-22-15-5-3-2-4-12(15)16(20)19-11-6-7-13(17)14(18)10-11/h2-7,10H,8-9H2,1H3,(H,19,20). The van der Waals surface area contributed by atoms with Gasteiger partial charge < -0.3 is 14.8 Å². The predicted octanol–water partition coefficient (Wildman–Crippen LogP) is 4.27. The van der Waals surface area contributed by atoms with Crippen LogP contribution in [0.3, 0.4) is 0 Å². The number of hydrogen-bond donors (Lipinski definition) is 1. The van der Waals surface area contributed by atoms with Crippen LogP contribution in [0.2, 0.25) is 10.0 Å². The Morgan fingerprint density at radius 3 is 2.59 bits per heavy atom. The average molecular weight is 340 g/mol. The highest BCUT2D eigenvalue weighted by molar-refractivity contribution is 6.42. The average Bonchev–Trinajstić information content (AvgIpc) is 2.51. The quantitative estimate of drug-likeness (QED) is 0.799. The van der Waals surface area contributed by atoms with Crippen molar-refractivity contribution >= 4 is 34.8 Å². The van der Waals surface area contributed by atoms with E-state index in [1.54, 1.807) is 49.6 Å². The second kappa shape index (κ2) is 8.03. The summed E-state index contributed by atoms with van der Waals surface area (Å²) in [5.74, 6) is 0.212. The largest absolute Gasteiger partial charge is 0.490 e. The van der Waals surface area contributed by atoms with Gasteiger partial charge in [0.1, 0.15) is 12.4 Å². The molecule has 0 aliphatic heterocycles. The molecule has 0 heterocycles. The van der Waals surface area contributed by atoms with Crippen LogP contribution in [-0.2, 0) is 4.74 Å². The number of anilines is 1. The summed E-state index contributed by atoms with van der Waals surface area (Å²) in [7, 11) is 1.59. The Hall–Kier alpha value is -1.75. The van der Waals surface area contributed by atoms with Crippen LogP contribution in [0, 0.1) is 0 Å². The van der Waals surface area contributed by atoms with Crippen LogP contribution < -0.4 is 10.1 Å². The first-order valence-corrected chi connectivity index (χ1v) is 7.34. The molecule has 0 unspecified atom stereocenters. The van der Waals surface area contributed by atoms with Crippen LogP contribution in [0.1, 0.15) is 10.4 Å². The predicted molar refractivity (Wildman–Crippen MR) is 88.2 cm³/mol. The highest BCUT2D eigenvalue weighted by atomic mass is 35.5. The first-order chi connectivity index (χ1) is 10.6. The van der Waals surface area contributed by atoms with E-state index in [1.807, 2.05) is 0 Å². The molecule has 0 aliphatic carbocycles. The van der Waals surface area contributed by atoms with E-state index in [-0.39, 0.29) is 5.91 Å². The lowest BCUT2D eigenvalue weighted by Crippen LogP contribution is -2.14.